The second-order valence-electron chi connectivity index (χ2n) is 6.71. The first-order valence-corrected chi connectivity index (χ1v) is 9.71. The lowest BCUT2D eigenvalue weighted by atomic mass is 10.1. The van der Waals surface area contributed by atoms with E-state index in [0.717, 1.165) is 11.3 Å². The van der Waals surface area contributed by atoms with Gasteiger partial charge < -0.3 is 14.3 Å². The molecule has 0 amide bonds. The van der Waals surface area contributed by atoms with Gasteiger partial charge in [-0.1, -0.05) is 32.9 Å². The van der Waals surface area contributed by atoms with Crippen LogP contribution in [0.2, 0.25) is 18.1 Å². The van der Waals surface area contributed by atoms with Gasteiger partial charge in [-0.25, -0.2) is 0 Å². The topological polar surface area (TPSA) is 42.0 Å². The average Bonchev–Trinajstić information content (AvgIpc) is 3.07. The summed E-state index contributed by atoms with van der Waals surface area (Å²) in [5, 5.41) is 9.19. The van der Waals surface area contributed by atoms with Gasteiger partial charge in [0, 0.05) is 0 Å². The molecule has 1 aliphatic rings. The Labute approximate surface area is 116 Å². The Morgan fingerprint density at radius 2 is 1.79 bits per heavy atom. The summed E-state index contributed by atoms with van der Waals surface area (Å²) in [5.74, 6) is 0.927. The van der Waals surface area contributed by atoms with Crippen LogP contribution in [0.15, 0.2) is 24.3 Å². The SMILES string of the molecule is CC(C)(C)[Si](C)(C)Oc1ccc([C@@H]2O[C@H]2CO)cc1. The van der Waals surface area contributed by atoms with Crippen LogP contribution in [0.4, 0.5) is 0 Å². The van der Waals surface area contributed by atoms with Gasteiger partial charge in [0.15, 0.2) is 0 Å². The minimum atomic E-state index is -1.77. The highest BCUT2D eigenvalue weighted by Gasteiger charge is 2.40. The Hall–Kier alpha value is -0.843. The quantitative estimate of drug-likeness (QED) is 0.678. The van der Waals surface area contributed by atoms with Crippen LogP contribution in [0.25, 0.3) is 0 Å². The zero-order valence-corrected chi connectivity index (χ0v) is 13.4. The number of epoxide rings is 1. The minimum absolute atomic E-state index is 0.0211. The van der Waals surface area contributed by atoms with Gasteiger partial charge in [-0.05, 0) is 35.8 Å². The number of rotatable bonds is 4. The van der Waals surface area contributed by atoms with Crippen molar-refractivity contribution >= 4 is 8.32 Å². The summed E-state index contributed by atoms with van der Waals surface area (Å²) in [4.78, 5) is 0. The highest BCUT2D eigenvalue weighted by molar-refractivity contribution is 6.74. The van der Waals surface area contributed by atoms with E-state index < -0.39 is 8.32 Å². The molecule has 4 heteroatoms. The predicted molar refractivity (Wildman–Crippen MR) is 79.0 cm³/mol. The largest absolute Gasteiger partial charge is 0.544 e. The minimum Gasteiger partial charge on any atom is -0.544 e. The average molecular weight is 280 g/mol. The first kappa shape index (κ1) is 14.6. The molecule has 1 aromatic carbocycles. The van der Waals surface area contributed by atoms with E-state index in [2.05, 4.69) is 33.9 Å². The molecule has 0 unspecified atom stereocenters. The molecule has 0 aromatic heterocycles. The fourth-order valence-corrected chi connectivity index (χ4v) is 2.78. The molecule has 19 heavy (non-hydrogen) atoms. The number of benzene rings is 1. The Bertz CT molecular complexity index is 434. The van der Waals surface area contributed by atoms with Crippen LogP contribution in [0.5, 0.6) is 5.75 Å². The van der Waals surface area contributed by atoms with Crippen molar-refractivity contribution in [2.24, 2.45) is 0 Å². The van der Waals surface area contributed by atoms with Crippen LogP contribution in [0, 0.1) is 0 Å². The molecule has 1 N–H and O–H groups in total. The molecule has 0 aliphatic carbocycles. The van der Waals surface area contributed by atoms with Crippen molar-refractivity contribution in [2.45, 2.75) is 51.1 Å². The van der Waals surface area contributed by atoms with E-state index in [-0.39, 0.29) is 23.9 Å². The Balaban J connectivity index is 2.04. The van der Waals surface area contributed by atoms with Crippen LogP contribution in [0.3, 0.4) is 0 Å². The summed E-state index contributed by atoms with van der Waals surface area (Å²) >= 11 is 0. The molecule has 2 atom stereocenters. The van der Waals surface area contributed by atoms with Gasteiger partial charge in [-0.3, -0.25) is 0 Å². The molecular formula is C15H24O3Si. The molecule has 0 spiro atoms. The first-order valence-electron chi connectivity index (χ1n) is 6.80. The molecule has 1 saturated heterocycles. The standard InChI is InChI=1S/C15H24O3Si/c1-15(2,3)19(4,5)18-12-8-6-11(7-9-12)14-13(10-16)17-14/h6-9,13-14,16H,10H2,1-5H3/t13-,14-/m0/s1. The molecule has 0 bridgehead atoms. The molecule has 1 aromatic rings. The molecule has 106 valence electrons. The van der Waals surface area contributed by atoms with E-state index in [9.17, 15) is 0 Å². The third-order valence-corrected chi connectivity index (χ3v) is 8.51. The van der Waals surface area contributed by atoms with Crippen molar-refractivity contribution in [1.82, 2.24) is 0 Å². The third kappa shape index (κ3) is 3.19. The zero-order chi connectivity index (χ0) is 14.3. The molecular weight excluding hydrogens is 256 g/mol. The van der Waals surface area contributed by atoms with Crippen molar-refractivity contribution in [3.8, 4) is 5.75 Å². The highest BCUT2D eigenvalue weighted by atomic mass is 28.4. The number of hydrogen-bond acceptors (Lipinski definition) is 3. The predicted octanol–water partition coefficient (Wildman–Crippen LogP) is 3.50. The van der Waals surface area contributed by atoms with E-state index in [1.54, 1.807) is 0 Å². The molecule has 2 rings (SSSR count). The van der Waals surface area contributed by atoms with Crippen molar-refractivity contribution < 1.29 is 14.3 Å². The van der Waals surface area contributed by atoms with Crippen LogP contribution >= 0.6 is 0 Å². The van der Waals surface area contributed by atoms with Gasteiger partial charge in [-0.15, -0.1) is 0 Å². The summed E-state index contributed by atoms with van der Waals surface area (Å²) in [6, 6.07) is 8.07. The molecule has 3 nitrogen and oxygen atoms in total. The Morgan fingerprint density at radius 3 is 2.21 bits per heavy atom. The Kier molecular flexibility index (Phi) is 3.77. The van der Waals surface area contributed by atoms with Gasteiger partial charge in [0.05, 0.1) is 6.61 Å². The number of aliphatic hydroxyl groups excluding tert-OH is 1. The third-order valence-electron chi connectivity index (χ3n) is 4.15. The summed E-state index contributed by atoms with van der Waals surface area (Å²) < 4.78 is 11.6. The van der Waals surface area contributed by atoms with E-state index >= 15 is 0 Å². The molecule has 1 fully saturated rings. The lowest BCUT2D eigenvalue weighted by Gasteiger charge is -2.36. The molecule has 0 radical (unpaired) electrons. The van der Waals surface area contributed by atoms with Crippen LogP contribution in [-0.2, 0) is 4.74 Å². The fourth-order valence-electron chi connectivity index (χ4n) is 1.75. The molecule has 1 heterocycles. The van der Waals surface area contributed by atoms with Crippen LogP contribution in [0.1, 0.15) is 32.4 Å². The maximum Gasteiger partial charge on any atom is 0.250 e. The van der Waals surface area contributed by atoms with Gasteiger partial charge in [0.1, 0.15) is 18.0 Å². The summed E-state index contributed by atoms with van der Waals surface area (Å²) in [6.45, 7) is 11.3. The van der Waals surface area contributed by atoms with E-state index in [0.29, 0.717) is 0 Å². The maximum absolute atomic E-state index is 8.99. The number of hydrogen-bond donors (Lipinski definition) is 1. The van der Waals surface area contributed by atoms with Crippen molar-refractivity contribution in [2.75, 3.05) is 6.61 Å². The van der Waals surface area contributed by atoms with Crippen LogP contribution in [-0.4, -0.2) is 26.1 Å². The maximum atomic E-state index is 8.99. The van der Waals surface area contributed by atoms with Crippen molar-refractivity contribution in [3.63, 3.8) is 0 Å². The molecule has 1 aliphatic heterocycles. The van der Waals surface area contributed by atoms with Gasteiger partial charge in [0.2, 0.25) is 8.32 Å². The summed E-state index contributed by atoms with van der Waals surface area (Å²) in [6.07, 6.45) is 0.0408. The van der Waals surface area contributed by atoms with Crippen molar-refractivity contribution in [1.29, 1.82) is 0 Å². The molecule has 0 saturated carbocycles. The lowest BCUT2D eigenvalue weighted by Crippen LogP contribution is -2.43. The first-order chi connectivity index (χ1) is 8.74. The number of ether oxygens (including phenoxy) is 1. The van der Waals surface area contributed by atoms with E-state index in [1.807, 2.05) is 24.3 Å². The van der Waals surface area contributed by atoms with Gasteiger partial charge in [-0.2, -0.15) is 0 Å². The van der Waals surface area contributed by atoms with E-state index in [4.69, 9.17) is 14.3 Å². The summed E-state index contributed by atoms with van der Waals surface area (Å²) in [5.41, 5.74) is 1.11. The fraction of sp³-hybridized carbons (Fsp3) is 0.600. The van der Waals surface area contributed by atoms with E-state index in [1.165, 1.54) is 0 Å². The van der Waals surface area contributed by atoms with Gasteiger partial charge in [0.25, 0.3) is 0 Å². The van der Waals surface area contributed by atoms with Crippen molar-refractivity contribution in [3.05, 3.63) is 29.8 Å². The normalized spacial score (nSPS) is 23.3. The second-order valence-corrected chi connectivity index (χ2v) is 11.4. The smallest absolute Gasteiger partial charge is 0.250 e. The van der Waals surface area contributed by atoms with Crippen LogP contribution < -0.4 is 4.43 Å². The zero-order valence-electron chi connectivity index (χ0n) is 12.4. The monoisotopic (exact) mass is 280 g/mol. The lowest BCUT2D eigenvalue weighted by molar-refractivity contribution is 0.242. The second kappa shape index (κ2) is 4.92. The Morgan fingerprint density at radius 1 is 1.21 bits per heavy atom. The highest BCUT2D eigenvalue weighted by Crippen LogP contribution is 2.40. The number of aliphatic hydroxyl groups is 1. The summed E-state index contributed by atoms with van der Waals surface area (Å²) in [7, 11) is -1.77. The van der Waals surface area contributed by atoms with Gasteiger partial charge >= 0.3 is 0 Å².